The number of rotatable bonds is 4. The molecule has 0 bridgehead atoms. The molecule has 0 aliphatic carbocycles. The van der Waals surface area contributed by atoms with E-state index in [4.69, 9.17) is 0 Å². The Balaban J connectivity index is 2.29. The van der Waals surface area contributed by atoms with Gasteiger partial charge < -0.3 is 0 Å². The molecule has 0 aliphatic heterocycles. The number of benzene rings is 3. The van der Waals surface area contributed by atoms with Gasteiger partial charge in [-0.3, -0.25) is 0 Å². The Kier molecular flexibility index (Phi) is 4.18. The highest BCUT2D eigenvalue weighted by molar-refractivity contribution is 7.16. The van der Waals surface area contributed by atoms with Gasteiger partial charge in [0.1, 0.15) is 0 Å². The van der Waals surface area contributed by atoms with E-state index in [0.29, 0.717) is 0 Å². The summed E-state index contributed by atoms with van der Waals surface area (Å²) in [4.78, 5) is 0. The maximum absolute atomic E-state index is 2.94. The van der Waals surface area contributed by atoms with Gasteiger partial charge in [-0.15, -0.1) is 9.24 Å². The molecule has 0 spiro atoms. The first kappa shape index (κ1) is 14.0. The minimum Gasteiger partial charge on any atom is -0.136 e. The van der Waals surface area contributed by atoms with E-state index < -0.39 is 0 Å². The van der Waals surface area contributed by atoms with Gasteiger partial charge in [-0.05, 0) is 22.9 Å². The quantitative estimate of drug-likeness (QED) is 0.474. The molecule has 0 saturated carbocycles. The Morgan fingerprint density at radius 2 is 0.810 bits per heavy atom. The van der Waals surface area contributed by atoms with Gasteiger partial charge in [0.05, 0.1) is 0 Å². The smallest absolute Gasteiger partial charge is 0.0485 e. The molecule has 0 aliphatic rings. The van der Waals surface area contributed by atoms with Crippen LogP contribution >= 0.6 is 9.24 Å². The summed E-state index contributed by atoms with van der Waals surface area (Å²) < 4.78 is 0. The van der Waals surface area contributed by atoms with E-state index >= 15 is 0 Å². The maximum Gasteiger partial charge on any atom is 0.0485 e. The van der Waals surface area contributed by atoms with Crippen molar-refractivity contribution in [3.8, 4) is 0 Å². The van der Waals surface area contributed by atoms with E-state index in [1.54, 1.807) is 0 Å². The summed E-state index contributed by atoms with van der Waals surface area (Å²) in [5.41, 5.74) is 3.88. The van der Waals surface area contributed by atoms with Crippen molar-refractivity contribution in [3.63, 3.8) is 0 Å². The standard InChI is InChI=1S/C20H19P/c21-16-20(17-10-4-1-5-11-17,18-12-6-2-7-13-18)19-14-8-3-9-15-19/h1-15H,16,21H2. The number of hydrogen-bond acceptors (Lipinski definition) is 0. The minimum absolute atomic E-state index is 0.117. The topological polar surface area (TPSA) is 0 Å². The monoisotopic (exact) mass is 290 g/mol. The van der Waals surface area contributed by atoms with Crippen LogP contribution in [0.5, 0.6) is 0 Å². The van der Waals surface area contributed by atoms with E-state index in [1.165, 1.54) is 16.7 Å². The van der Waals surface area contributed by atoms with Crippen molar-refractivity contribution in [2.45, 2.75) is 5.41 Å². The Bertz CT molecular complexity index is 578. The zero-order valence-electron chi connectivity index (χ0n) is 11.9. The first-order valence-corrected chi connectivity index (χ1v) is 8.06. The highest BCUT2D eigenvalue weighted by Crippen LogP contribution is 2.40. The Hall–Kier alpha value is -1.91. The highest BCUT2D eigenvalue weighted by Gasteiger charge is 2.34. The molecule has 0 nitrogen and oxygen atoms in total. The molecule has 0 aromatic heterocycles. The molecule has 0 radical (unpaired) electrons. The predicted molar refractivity (Wildman–Crippen MR) is 93.8 cm³/mol. The van der Waals surface area contributed by atoms with Gasteiger partial charge in [-0.25, -0.2) is 0 Å². The van der Waals surface area contributed by atoms with Crippen LogP contribution in [0.15, 0.2) is 91.0 Å². The molecule has 3 aromatic carbocycles. The molecule has 0 fully saturated rings. The second-order valence-electron chi connectivity index (χ2n) is 5.21. The van der Waals surface area contributed by atoms with E-state index in [0.717, 1.165) is 6.16 Å². The summed E-state index contributed by atoms with van der Waals surface area (Å²) in [5, 5.41) is 0. The van der Waals surface area contributed by atoms with Crippen LogP contribution in [0.4, 0.5) is 0 Å². The van der Waals surface area contributed by atoms with Crippen molar-refractivity contribution in [2.75, 3.05) is 6.16 Å². The van der Waals surface area contributed by atoms with Gasteiger partial charge in [-0.2, -0.15) is 0 Å². The molecule has 0 heterocycles. The summed E-state index contributed by atoms with van der Waals surface area (Å²) in [5.74, 6) is 0. The lowest BCUT2D eigenvalue weighted by Gasteiger charge is -2.35. The highest BCUT2D eigenvalue weighted by atomic mass is 31.0. The predicted octanol–water partition coefficient (Wildman–Crippen LogP) is 4.90. The van der Waals surface area contributed by atoms with Gasteiger partial charge in [0, 0.05) is 5.41 Å². The summed E-state index contributed by atoms with van der Waals surface area (Å²) in [7, 11) is 2.94. The SMILES string of the molecule is PCC(c1ccccc1)(c1ccccc1)c1ccccc1. The summed E-state index contributed by atoms with van der Waals surface area (Å²) in [6, 6.07) is 32.3. The molecule has 1 atom stereocenters. The Morgan fingerprint density at radius 3 is 1.05 bits per heavy atom. The van der Waals surface area contributed by atoms with Gasteiger partial charge in [-0.1, -0.05) is 91.0 Å². The van der Waals surface area contributed by atoms with Crippen LogP contribution in [0.3, 0.4) is 0 Å². The third-order valence-electron chi connectivity index (χ3n) is 4.11. The van der Waals surface area contributed by atoms with Crippen LogP contribution in [-0.2, 0) is 5.41 Å². The maximum atomic E-state index is 2.94. The molecule has 0 saturated heterocycles. The molecule has 3 aromatic rings. The third-order valence-corrected chi connectivity index (χ3v) is 4.72. The van der Waals surface area contributed by atoms with E-state index in [2.05, 4.69) is 100 Å². The lowest BCUT2D eigenvalue weighted by molar-refractivity contribution is 0.705. The van der Waals surface area contributed by atoms with E-state index in [-0.39, 0.29) is 5.41 Å². The van der Waals surface area contributed by atoms with E-state index in [9.17, 15) is 0 Å². The van der Waals surface area contributed by atoms with Crippen LogP contribution in [-0.4, -0.2) is 6.16 Å². The van der Waals surface area contributed by atoms with Crippen molar-refractivity contribution >= 4 is 9.24 Å². The average molecular weight is 290 g/mol. The van der Waals surface area contributed by atoms with Crippen molar-refractivity contribution in [2.24, 2.45) is 0 Å². The fraction of sp³-hybridized carbons (Fsp3) is 0.100. The molecule has 3 rings (SSSR count). The first-order chi connectivity index (χ1) is 10.4. The van der Waals surface area contributed by atoms with Crippen molar-refractivity contribution in [1.82, 2.24) is 0 Å². The van der Waals surface area contributed by atoms with Gasteiger partial charge in [0.25, 0.3) is 0 Å². The summed E-state index contributed by atoms with van der Waals surface area (Å²) in [6.45, 7) is 0. The Labute approximate surface area is 129 Å². The lowest BCUT2D eigenvalue weighted by Crippen LogP contribution is -2.31. The molecule has 1 heteroatoms. The molecule has 104 valence electrons. The zero-order valence-corrected chi connectivity index (χ0v) is 13.1. The van der Waals surface area contributed by atoms with Crippen LogP contribution in [0.1, 0.15) is 16.7 Å². The van der Waals surface area contributed by atoms with Gasteiger partial charge >= 0.3 is 0 Å². The molecule has 0 N–H and O–H groups in total. The molecular weight excluding hydrogens is 271 g/mol. The molecule has 1 unspecified atom stereocenters. The fourth-order valence-corrected chi connectivity index (χ4v) is 3.73. The van der Waals surface area contributed by atoms with Crippen LogP contribution < -0.4 is 0 Å². The van der Waals surface area contributed by atoms with Gasteiger partial charge in [0.15, 0.2) is 0 Å². The third kappa shape index (κ3) is 2.52. The summed E-state index contributed by atoms with van der Waals surface area (Å²) >= 11 is 0. The number of hydrogen-bond donors (Lipinski definition) is 0. The first-order valence-electron chi connectivity index (χ1n) is 7.24. The molecule has 0 amide bonds. The zero-order chi connectivity index (χ0) is 14.5. The van der Waals surface area contributed by atoms with Crippen LogP contribution in [0, 0.1) is 0 Å². The largest absolute Gasteiger partial charge is 0.136 e. The fourth-order valence-electron chi connectivity index (χ4n) is 3.02. The van der Waals surface area contributed by atoms with Crippen molar-refractivity contribution in [1.29, 1.82) is 0 Å². The van der Waals surface area contributed by atoms with Gasteiger partial charge in [0.2, 0.25) is 0 Å². The van der Waals surface area contributed by atoms with E-state index in [1.807, 2.05) is 0 Å². The molecule has 21 heavy (non-hydrogen) atoms. The van der Waals surface area contributed by atoms with Crippen LogP contribution in [0.2, 0.25) is 0 Å². The second-order valence-corrected chi connectivity index (χ2v) is 5.62. The van der Waals surface area contributed by atoms with Crippen molar-refractivity contribution < 1.29 is 0 Å². The lowest BCUT2D eigenvalue weighted by atomic mass is 9.71. The summed E-state index contributed by atoms with van der Waals surface area (Å²) in [6.07, 6.45) is 0.949. The van der Waals surface area contributed by atoms with Crippen molar-refractivity contribution in [3.05, 3.63) is 108 Å². The van der Waals surface area contributed by atoms with Crippen LogP contribution in [0.25, 0.3) is 0 Å². The normalized spacial score (nSPS) is 11.3. The molecular formula is C20H19P. The average Bonchev–Trinajstić information content (AvgIpc) is 2.59. The Morgan fingerprint density at radius 1 is 0.524 bits per heavy atom. The minimum atomic E-state index is -0.117. The second kappa shape index (κ2) is 6.24.